The third-order valence-electron chi connectivity index (χ3n) is 4.59. The summed E-state index contributed by atoms with van der Waals surface area (Å²) in [6, 6.07) is 13.5. The average Bonchev–Trinajstić information content (AvgIpc) is 2.79. The minimum absolute atomic E-state index is 0.464. The van der Waals surface area contributed by atoms with Crippen molar-refractivity contribution in [3.05, 3.63) is 72.2 Å². The van der Waals surface area contributed by atoms with Crippen molar-refractivity contribution in [2.24, 2.45) is 5.73 Å². The first-order valence-electron chi connectivity index (χ1n) is 9.89. The highest BCUT2D eigenvalue weighted by Gasteiger charge is 2.22. The summed E-state index contributed by atoms with van der Waals surface area (Å²) in [7, 11) is 0. The monoisotopic (exact) mass is 390 g/mol. The van der Waals surface area contributed by atoms with Crippen molar-refractivity contribution >= 4 is 11.8 Å². The molecule has 0 saturated heterocycles. The van der Waals surface area contributed by atoms with E-state index in [9.17, 15) is 4.79 Å². The number of benzene rings is 1. The van der Waals surface area contributed by atoms with Gasteiger partial charge in [0.15, 0.2) is 0 Å². The van der Waals surface area contributed by atoms with Gasteiger partial charge < -0.3 is 10.5 Å². The molecule has 0 aliphatic carbocycles. The average molecular weight is 390 g/mol. The molecular formula is C23H26N4O2. The van der Waals surface area contributed by atoms with Crippen LogP contribution in [0.4, 0.5) is 10.6 Å². The van der Waals surface area contributed by atoms with Crippen molar-refractivity contribution in [3.8, 4) is 16.9 Å². The van der Waals surface area contributed by atoms with E-state index in [1.165, 1.54) is 4.90 Å². The molecule has 3 heterocycles. The fourth-order valence-electron chi connectivity index (χ4n) is 3.23. The Balaban J connectivity index is 0.00000117. The van der Waals surface area contributed by atoms with Gasteiger partial charge in [-0.1, -0.05) is 44.2 Å². The molecule has 0 fully saturated rings. The molecule has 6 nitrogen and oxygen atoms in total. The number of carbonyl (C=O) groups is 1. The molecule has 0 unspecified atom stereocenters. The maximum atomic E-state index is 11.6. The number of pyridine rings is 2. The van der Waals surface area contributed by atoms with Crippen LogP contribution in [0.2, 0.25) is 0 Å². The number of fused-ring (bicyclic) bond motifs is 1. The summed E-state index contributed by atoms with van der Waals surface area (Å²) in [5.41, 5.74) is 9.44. The van der Waals surface area contributed by atoms with Crippen molar-refractivity contribution in [2.45, 2.75) is 33.3 Å². The van der Waals surface area contributed by atoms with Crippen molar-refractivity contribution < 1.29 is 9.53 Å². The highest BCUT2D eigenvalue weighted by Crippen LogP contribution is 2.30. The first kappa shape index (κ1) is 20.3. The summed E-state index contributed by atoms with van der Waals surface area (Å²) in [4.78, 5) is 21.9. The summed E-state index contributed by atoms with van der Waals surface area (Å²) in [6.07, 6.45) is 6.98. The van der Waals surface area contributed by atoms with Crippen LogP contribution >= 0.6 is 0 Å². The lowest BCUT2D eigenvalue weighted by atomic mass is 10.0. The molecule has 2 N–H and O–H groups in total. The summed E-state index contributed by atoms with van der Waals surface area (Å²) in [6.45, 7) is 5.10. The number of urea groups is 1. The molecule has 0 saturated carbocycles. The van der Waals surface area contributed by atoms with Gasteiger partial charge in [-0.05, 0) is 36.1 Å². The Bertz CT molecular complexity index is 960. The lowest BCUT2D eigenvalue weighted by Gasteiger charge is -2.26. The number of amides is 2. The quantitative estimate of drug-likeness (QED) is 0.707. The van der Waals surface area contributed by atoms with Gasteiger partial charge in [-0.2, -0.15) is 0 Å². The summed E-state index contributed by atoms with van der Waals surface area (Å²) >= 11 is 0. The molecule has 1 aliphatic heterocycles. The number of primary amides is 1. The smallest absolute Gasteiger partial charge is 0.320 e. The molecule has 2 aromatic heterocycles. The van der Waals surface area contributed by atoms with Crippen LogP contribution in [0.3, 0.4) is 0 Å². The molecule has 1 aliphatic rings. The summed E-state index contributed by atoms with van der Waals surface area (Å²) in [5.74, 6) is 1.36. The van der Waals surface area contributed by atoms with Crippen LogP contribution in [-0.2, 0) is 13.0 Å². The zero-order valence-electron chi connectivity index (χ0n) is 16.8. The minimum Gasteiger partial charge on any atom is -0.487 e. The molecule has 0 bridgehead atoms. The van der Waals surface area contributed by atoms with E-state index in [1.807, 2.05) is 50.2 Å². The molecule has 0 spiro atoms. The van der Waals surface area contributed by atoms with Crippen LogP contribution in [0.5, 0.6) is 5.75 Å². The topological polar surface area (TPSA) is 81.3 Å². The molecule has 150 valence electrons. The highest BCUT2D eigenvalue weighted by molar-refractivity contribution is 5.91. The molecule has 2 amide bonds. The highest BCUT2D eigenvalue weighted by atomic mass is 16.5. The third-order valence-corrected chi connectivity index (χ3v) is 4.59. The second-order valence-corrected chi connectivity index (χ2v) is 6.48. The van der Waals surface area contributed by atoms with Gasteiger partial charge in [0, 0.05) is 30.1 Å². The van der Waals surface area contributed by atoms with Crippen molar-refractivity contribution in [3.63, 3.8) is 0 Å². The van der Waals surface area contributed by atoms with Crippen molar-refractivity contribution in [2.75, 3.05) is 11.4 Å². The second kappa shape index (κ2) is 9.68. The number of anilines is 1. The van der Waals surface area contributed by atoms with Gasteiger partial charge in [0.1, 0.15) is 18.2 Å². The van der Waals surface area contributed by atoms with Crippen molar-refractivity contribution in [1.29, 1.82) is 0 Å². The van der Waals surface area contributed by atoms with Gasteiger partial charge in [0.25, 0.3) is 0 Å². The van der Waals surface area contributed by atoms with Gasteiger partial charge in [0.05, 0.1) is 6.20 Å². The molecule has 0 atom stereocenters. The fraction of sp³-hybridized carbons (Fsp3) is 0.261. The molecule has 3 aromatic rings. The van der Waals surface area contributed by atoms with Crippen LogP contribution in [-0.4, -0.2) is 22.5 Å². The van der Waals surface area contributed by atoms with Crippen LogP contribution < -0.4 is 15.4 Å². The molecule has 4 rings (SSSR count). The Kier molecular flexibility index (Phi) is 6.79. The van der Waals surface area contributed by atoms with E-state index < -0.39 is 6.03 Å². The van der Waals surface area contributed by atoms with E-state index in [0.717, 1.165) is 35.1 Å². The number of carbonyl (C=O) groups excluding carboxylic acids is 1. The minimum atomic E-state index is -0.464. The number of hydrogen-bond acceptors (Lipinski definition) is 4. The Hall–Kier alpha value is -3.41. The first-order chi connectivity index (χ1) is 14.2. The lowest BCUT2D eigenvalue weighted by Crippen LogP contribution is -2.40. The number of rotatable bonds is 4. The zero-order valence-corrected chi connectivity index (χ0v) is 16.8. The number of aromatic nitrogens is 2. The SMILES string of the molecule is CC.NC(=O)N1CCCc2cc(-c3cncc(OCc4ccccc4)c3)cnc21. The van der Waals surface area contributed by atoms with Crippen molar-refractivity contribution in [1.82, 2.24) is 9.97 Å². The maximum absolute atomic E-state index is 11.6. The standard InChI is InChI=1S/C21H20N4O2.C2H6/c22-21(26)25-8-4-7-16-9-17(12-24-20(16)25)18-10-19(13-23-11-18)27-14-15-5-2-1-3-6-15;1-2/h1-3,5-6,9-13H,4,7-8,14H2,(H2,22,26);1-2H3. The number of aryl methyl sites for hydroxylation is 1. The van der Waals surface area contributed by atoms with E-state index in [4.69, 9.17) is 10.5 Å². The number of ether oxygens (including phenoxy) is 1. The molecule has 6 heteroatoms. The summed E-state index contributed by atoms with van der Waals surface area (Å²) < 4.78 is 5.86. The molecule has 0 radical (unpaired) electrons. The predicted molar refractivity (Wildman–Crippen MR) is 115 cm³/mol. The Morgan fingerprint density at radius 3 is 2.62 bits per heavy atom. The van der Waals surface area contributed by atoms with Crippen LogP contribution in [0.15, 0.2) is 61.1 Å². The van der Waals surface area contributed by atoms with E-state index in [2.05, 4.69) is 16.0 Å². The molecule has 1 aromatic carbocycles. The van der Waals surface area contributed by atoms with Crippen LogP contribution in [0, 0.1) is 0 Å². The zero-order chi connectivity index (χ0) is 20.6. The number of nitrogens with two attached hydrogens (primary N) is 1. The number of hydrogen-bond donors (Lipinski definition) is 1. The van der Waals surface area contributed by atoms with E-state index in [1.54, 1.807) is 18.6 Å². The lowest BCUT2D eigenvalue weighted by molar-refractivity contribution is 0.253. The van der Waals surface area contributed by atoms with Gasteiger partial charge in [-0.25, -0.2) is 9.78 Å². The van der Waals surface area contributed by atoms with Gasteiger partial charge >= 0.3 is 6.03 Å². The first-order valence-corrected chi connectivity index (χ1v) is 9.89. The molecular weight excluding hydrogens is 364 g/mol. The molecule has 29 heavy (non-hydrogen) atoms. The largest absolute Gasteiger partial charge is 0.487 e. The maximum Gasteiger partial charge on any atom is 0.320 e. The van der Waals surface area contributed by atoms with Gasteiger partial charge in [0.2, 0.25) is 0 Å². The van der Waals surface area contributed by atoms with E-state index in [0.29, 0.717) is 24.7 Å². The van der Waals surface area contributed by atoms with Crippen LogP contribution in [0.25, 0.3) is 11.1 Å². The van der Waals surface area contributed by atoms with E-state index >= 15 is 0 Å². The fourth-order valence-corrected chi connectivity index (χ4v) is 3.23. The normalized spacial score (nSPS) is 12.4. The predicted octanol–water partition coefficient (Wildman–Crippen LogP) is 4.58. The Morgan fingerprint density at radius 1 is 1.10 bits per heavy atom. The summed E-state index contributed by atoms with van der Waals surface area (Å²) in [5, 5.41) is 0. The Morgan fingerprint density at radius 2 is 1.86 bits per heavy atom. The van der Waals surface area contributed by atoms with Crippen LogP contribution in [0.1, 0.15) is 31.4 Å². The van der Waals surface area contributed by atoms with E-state index in [-0.39, 0.29) is 0 Å². The second-order valence-electron chi connectivity index (χ2n) is 6.48. The Labute approximate surface area is 171 Å². The van der Waals surface area contributed by atoms with Gasteiger partial charge in [-0.15, -0.1) is 0 Å². The number of nitrogens with zero attached hydrogens (tertiary/aromatic N) is 3. The third kappa shape index (κ3) is 4.90. The van der Waals surface area contributed by atoms with Gasteiger partial charge in [-0.3, -0.25) is 9.88 Å².